The van der Waals surface area contributed by atoms with E-state index < -0.39 is 29.8 Å². The summed E-state index contributed by atoms with van der Waals surface area (Å²) in [6.07, 6.45) is 1.04. The fraction of sp³-hybridized carbons (Fsp3) is 0.333. The molecule has 1 amide bonds. The summed E-state index contributed by atoms with van der Waals surface area (Å²) in [6.45, 7) is 0. The van der Waals surface area contributed by atoms with Gasteiger partial charge in [0.2, 0.25) is 5.78 Å². The van der Waals surface area contributed by atoms with Crippen LogP contribution in [0.3, 0.4) is 0 Å². The summed E-state index contributed by atoms with van der Waals surface area (Å²) in [5, 5.41) is 20.8. The minimum Gasteiger partial charge on any atom is -0.480 e. The van der Waals surface area contributed by atoms with Gasteiger partial charge in [-0.25, -0.2) is 4.79 Å². The second kappa shape index (κ2) is 7.73. The van der Waals surface area contributed by atoms with Crippen LogP contribution >= 0.6 is 0 Å². The number of hydrogen-bond acceptors (Lipinski definition) is 5. The molecule has 0 aromatic carbocycles. The molecular weight excluding hydrogens is 282 g/mol. The lowest BCUT2D eigenvalue weighted by Gasteiger charge is -2.15. The minimum absolute atomic E-state index is 0.181. The molecule has 0 saturated heterocycles. The van der Waals surface area contributed by atoms with E-state index in [4.69, 9.17) is 15.1 Å². The van der Waals surface area contributed by atoms with Crippen molar-refractivity contribution in [3.05, 3.63) is 29.7 Å². The number of aliphatic carboxylic acids is 1. The van der Waals surface area contributed by atoms with Gasteiger partial charge in [-0.05, 0) is 12.5 Å². The zero-order chi connectivity index (χ0) is 15.8. The van der Waals surface area contributed by atoms with E-state index in [-0.39, 0.29) is 18.4 Å². The lowest BCUT2D eigenvalue weighted by Crippen LogP contribution is -2.43. The molecule has 0 aliphatic rings. The van der Waals surface area contributed by atoms with Crippen molar-refractivity contribution in [2.75, 3.05) is 0 Å². The van der Waals surface area contributed by atoms with Crippen molar-refractivity contribution in [3.63, 3.8) is 0 Å². The van der Waals surface area contributed by atoms with Crippen molar-refractivity contribution in [3.8, 4) is 0 Å². The maximum atomic E-state index is 11.7. The number of Topliss-reactive ketones (excluding diaryl/α,β-unsaturated/α-hetero) is 1. The summed E-state index contributed by atoms with van der Waals surface area (Å²) in [5.74, 6) is -2.86. The second-order valence-corrected chi connectivity index (χ2v) is 4.11. The Morgan fingerprint density at radius 1 is 1.48 bits per heavy atom. The van der Waals surface area contributed by atoms with Gasteiger partial charge in [0, 0.05) is 12.0 Å². The molecule has 3 N–H and O–H groups in total. The smallest absolute Gasteiger partial charge is 0.326 e. The number of carboxylic acids is 1. The van der Waals surface area contributed by atoms with Gasteiger partial charge in [0.25, 0.3) is 5.91 Å². The molecule has 112 valence electrons. The molecule has 0 bridgehead atoms. The van der Waals surface area contributed by atoms with Crippen LogP contribution in [0.4, 0.5) is 0 Å². The second-order valence-electron chi connectivity index (χ2n) is 4.11. The molecule has 9 heteroatoms. The van der Waals surface area contributed by atoms with E-state index >= 15 is 0 Å². The van der Waals surface area contributed by atoms with Gasteiger partial charge in [0.15, 0.2) is 6.10 Å². The van der Waals surface area contributed by atoms with Gasteiger partial charge in [0.1, 0.15) is 6.04 Å². The third kappa shape index (κ3) is 5.01. The molecular formula is C12H13N3O6. The predicted molar refractivity (Wildman–Crippen MR) is 67.2 cm³/mol. The van der Waals surface area contributed by atoms with Crippen LogP contribution in [-0.4, -0.2) is 44.9 Å². The molecule has 0 aliphatic carbocycles. The molecule has 0 fully saturated rings. The van der Waals surface area contributed by atoms with Crippen LogP contribution < -0.4 is 5.32 Å². The van der Waals surface area contributed by atoms with Crippen LogP contribution in [0.5, 0.6) is 0 Å². The van der Waals surface area contributed by atoms with Crippen molar-refractivity contribution in [2.45, 2.75) is 25.0 Å². The number of hydrogen-bond donors (Lipinski definition) is 3. The molecule has 1 aromatic rings. The number of amides is 1. The van der Waals surface area contributed by atoms with Crippen LogP contribution in [0.15, 0.2) is 23.0 Å². The zero-order valence-electron chi connectivity index (χ0n) is 10.8. The summed E-state index contributed by atoms with van der Waals surface area (Å²) < 4.78 is 4.70. The first kappa shape index (κ1) is 16.3. The molecule has 2 atom stereocenters. The molecule has 1 aromatic heterocycles. The Morgan fingerprint density at radius 2 is 2.19 bits per heavy atom. The Bertz CT molecular complexity index is 562. The Hall–Kier alpha value is -2.77. The normalized spacial score (nSPS) is 12.8. The standard InChI is InChI=1S/C12H13N3O6/c13-14-5-8(16)1-2-9(12(19)20)15-11(18)10(17)7-3-4-21-6-7/h3-6,9-10,17H,1-2H2,(H,15,18)(H,19,20). The van der Waals surface area contributed by atoms with Gasteiger partial charge in [-0.3, -0.25) is 9.59 Å². The fourth-order valence-corrected chi connectivity index (χ4v) is 1.51. The van der Waals surface area contributed by atoms with Crippen molar-refractivity contribution in [2.24, 2.45) is 0 Å². The first-order valence-corrected chi connectivity index (χ1v) is 5.89. The highest BCUT2D eigenvalue weighted by Gasteiger charge is 2.26. The van der Waals surface area contributed by atoms with E-state index in [1.165, 1.54) is 12.3 Å². The quantitative estimate of drug-likeness (QED) is 0.335. The molecule has 21 heavy (non-hydrogen) atoms. The number of aliphatic hydroxyl groups excluding tert-OH is 1. The number of nitrogens with one attached hydrogen (secondary N) is 1. The van der Waals surface area contributed by atoms with Crippen molar-refractivity contribution in [1.29, 1.82) is 0 Å². The first-order valence-electron chi connectivity index (χ1n) is 5.89. The number of carbonyl (C=O) groups is 3. The zero-order valence-corrected chi connectivity index (χ0v) is 10.8. The molecule has 0 spiro atoms. The highest BCUT2D eigenvalue weighted by molar-refractivity contribution is 6.25. The SMILES string of the molecule is [N-]=[N+]=CC(=O)CCC(NC(=O)C(O)c1ccoc1)C(=O)O. The van der Waals surface area contributed by atoms with Crippen LogP contribution in [0.2, 0.25) is 0 Å². The third-order valence-electron chi connectivity index (χ3n) is 2.60. The Kier molecular flexibility index (Phi) is 5.99. The highest BCUT2D eigenvalue weighted by atomic mass is 16.4. The minimum atomic E-state index is -1.57. The van der Waals surface area contributed by atoms with Gasteiger partial charge < -0.3 is 25.5 Å². The Balaban J connectivity index is 2.61. The molecule has 0 radical (unpaired) electrons. The van der Waals surface area contributed by atoms with E-state index in [1.54, 1.807) is 0 Å². The highest BCUT2D eigenvalue weighted by Crippen LogP contribution is 2.13. The maximum Gasteiger partial charge on any atom is 0.326 e. The average molecular weight is 295 g/mol. The lowest BCUT2D eigenvalue weighted by atomic mass is 10.1. The Labute approximate surface area is 118 Å². The number of nitrogens with zero attached hydrogens (tertiary/aromatic N) is 2. The summed E-state index contributed by atoms with van der Waals surface area (Å²) in [4.78, 5) is 36.3. The fourth-order valence-electron chi connectivity index (χ4n) is 1.51. The molecule has 0 aliphatic heterocycles. The van der Waals surface area contributed by atoms with Crippen molar-refractivity contribution in [1.82, 2.24) is 5.32 Å². The van der Waals surface area contributed by atoms with E-state index in [9.17, 15) is 19.5 Å². The summed E-state index contributed by atoms with van der Waals surface area (Å²) in [6, 6.07) is 0.0106. The van der Waals surface area contributed by atoms with Crippen molar-refractivity contribution < 1.29 is 33.8 Å². The average Bonchev–Trinajstić information content (AvgIpc) is 2.96. The molecule has 1 heterocycles. The molecule has 1 rings (SSSR count). The number of rotatable bonds is 8. The van der Waals surface area contributed by atoms with Crippen LogP contribution in [-0.2, 0) is 14.4 Å². The maximum absolute atomic E-state index is 11.7. The van der Waals surface area contributed by atoms with E-state index in [0.717, 1.165) is 6.26 Å². The molecule has 9 nitrogen and oxygen atoms in total. The lowest BCUT2D eigenvalue weighted by molar-refractivity contribution is -0.143. The Morgan fingerprint density at radius 3 is 2.71 bits per heavy atom. The van der Waals surface area contributed by atoms with Gasteiger partial charge in [-0.1, -0.05) is 0 Å². The monoisotopic (exact) mass is 295 g/mol. The number of carboxylic acid groups (broad SMARTS) is 1. The van der Waals surface area contributed by atoms with Crippen LogP contribution in [0, 0.1) is 0 Å². The predicted octanol–water partition coefficient (Wildman–Crippen LogP) is -0.468. The van der Waals surface area contributed by atoms with Crippen molar-refractivity contribution >= 4 is 23.9 Å². The summed E-state index contributed by atoms with van der Waals surface area (Å²) >= 11 is 0. The number of ketones is 1. The summed E-state index contributed by atoms with van der Waals surface area (Å²) in [5.41, 5.74) is 8.34. The van der Waals surface area contributed by atoms with Gasteiger partial charge in [0.05, 0.1) is 12.5 Å². The summed E-state index contributed by atoms with van der Waals surface area (Å²) in [7, 11) is 0. The number of carbonyl (C=O) groups excluding carboxylic acids is 2. The van der Waals surface area contributed by atoms with Gasteiger partial charge in [-0.15, -0.1) is 0 Å². The third-order valence-corrected chi connectivity index (χ3v) is 2.60. The van der Waals surface area contributed by atoms with E-state index in [2.05, 4.69) is 10.1 Å². The van der Waals surface area contributed by atoms with Gasteiger partial charge >= 0.3 is 12.2 Å². The van der Waals surface area contributed by atoms with Crippen LogP contribution in [0.1, 0.15) is 24.5 Å². The van der Waals surface area contributed by atoms with Gasteiger partial charge in [-0.2, -0.15) is 4.79 Å². The van der Waals surface area contributed by atoms with E-state index in [1.807, 2.05) is 0 Å². The van der Waals surface area contributed by atoms with Crippen LogP contribution in [0.25, 0.3) is 5.53 Å². The number of aliphatic hydroxyl groups is 1. The molecule has 0 saturated carbocycles. The van der Waals surface area contributed by atoms with E-state index in [0.29, 0.717) is 6.21 Å². The largest absolute Gasteiger partial charge is 0.480 e. The molecule has 2 unspecified atom stereocenters. The first-order chi connectivity index (χ1) is 9.95. The topological polar surface area (TPSA) is 153 Å². The number of furan rings is 1.